The van der Waals surface area contributed by atoms with E-state index in [9.17, 15) is 13.2 Å². The molecule has 0 saturated carbocycles. The first-order chi connectivity index (χ1) is 12.2. The molecule has 2 aromatic rings. The molecule has 0 aliphatic rings. The lowest BCUT2D eigenvalue weighted by molar-refractivity contribution is -0.114. The average molecular weight is 378 g/mol. The van der Waals surface area contributed by atoms with Crippen LogP contribution in [0.4, 0.5) is 11.4 Å². The Bertz CT molecular complexity index is 896. The third-order valence-electron chi connectivity index (χ3n) is 3.64. The van der Waals surface area contributed by atoms with Gasteiger partial charge in [0.05, 0.1) is 26.2 Å². The fourth-order valence-electron chi connectivity index (χ4n) is 2.43. The lowest BCUT2D eigenvalue weighted by Gasteiger charge is -2.24. The molecule has 0 saturated heterocycles. The predicted molar refractivity (Wildman–Crippen MR) is 102 cm³/mol. The molecule has 2 aromatic carbocycles. The Labute approximate surface area is 153 Å². The molecule has 0 aromatic heterocycles. The van der Waals surface area contributed by atoms with Crippen molar-refractivity contribution in [3.05, 3.63) is 48.0 Å². The Morgan fingerprint density at radius 3 is 2.42 bits per heavy atom. The number of anilines is 2. The third-order valence-corrected chi connectivity index (χ3v) is 4.77. The van der Waals surface area contributed by atoms with Crippen LogP contribution in [0.5, 0.6) is 11.5 Å². The van der Waals surface area contributed by atoms with Gasteiger partial charge in [-0.15, -0.1) is 0 Å². The van der Waals surface area contributed by atoms with Crippen LogP contribution in [0, 0.1) is 6.92 Å². The zero-order chi connectivity index (χ0) is 19.3. The zero-order valence-corrected chi connectivity index (χ0v) is 16.0. The van der Waals surface area contributed by atoms with Gasteiger partial charge >= 0.3 is 0 Å². The molecule has 0 bridgehead atoms. The smallest absolute Gasteiger partial charge is 0.245 e. The summed E-state index contributed by atoms with van der Waals surface area (Å²) in [5.41, 5.74) is 1.85. The topological polar surface area (TPSA) is 84.9 Å². The van der Waals surface area contributed by atoms with Crippen LogP contribution < -0.4 is 19.1 Å². The molecule has 1 N–H and O–H groups in total. The third kappa shape index (κ3) is 4.89. The Hall–Kier alpha value is -2.74. The summed E-state index contributed by atoms with van der Waals surface area (Å²) >= 11 is 0. The largest absolute Gasteiger partial charge is 0.497 e. The number of methoxy groups -OCH3 is 2. The minimum Gasteiger partial charge on any atom is -0.497 e. The molecule has 0 aliphatic heterocycles. The van der Waals surface area contributed by atoms with E-state index in [1.54, 1.807) is 30.3 Å². The number of nitrogens with one attached hydrogen (secondary N) is 1. The van der Waals surface area contributed by atoms with Gasteiger partial charge in [-0.3, -0.25) is 9.10 Å². The number of hydrogen-bond acceptors (Lipinski definition) is 5. The molecule has 26 heavy (non-hydrogen) atoms. The first kappa shape index (κ1) is 19.6. The minimum absolute atomic E-state index is 0.259. The minimum atomic E-state index is -3.71. The van der Waals surface area contributed by atoms with Gasteiger partial charge < -0.3 is 14.8 Å². The van der Waals surface area contributed by atoms with Gasteiger partial charge in [-0.05, 0) is 36.8 Å². The van der Waals surface area contributed by atoms with Gasteiger partial charge in [0, 0.05) is 11.8 Å². The quantitative estimate of drug-likeness (QED) is 0.800. The molecule has 8 heteroatoms. The van der Waals surface area contributed by atoms with Crippen LogP contribution in [0.2, 0.25) is 0 Å². The van der Waals surface area contributed by atoms with Crippen LogP contribution >= 0.6 is 0 Å². The summed E-state index contributed by atoms with van der Waals surface area (Å²) in [4.78, 5) is 12.4. The Morgan fingerprint density at radius 1 is 1.12 bits per heavy atom. The summed E-state index contributed by atoms with van der Waals surface area (Å²) in [6, 6.07) is 12.0. The lowest BCUT2D eigenvalue weighted by atomic mass is 10.2. The van der Waals surface area contributed by atoms with Crippen LogP contribution in [0.15, 0.2) is 42.5 Å². The maximum Gasteiger partial charge on any atom is 0.245 e. The van der Waals surface area contributed by atoms with Crippen molar-refractivity contribution in [1.82, 2.24) is 0 Å². The second-order valence-corrected chi connectivity index (χ2v) is 7.63. The number of amides is 1. The molecule has 7 nitrogen and oxygen atoms in total. The summed E-state index contributed by atoms with van der Waals surface area (Å²) < 4.78 is 35.9. The van der Waals surface area contributed by atoms with Gasteiger partial charge in [0.2, 0.25) is 15.9 Å². The lowest BCUT2D eigenvalue weighted by Crippen LogP contribution is -2.37. The molecule has 0 heterocycles. The molecule has 0 atom stereocenters. The van der Waals surface area contributed by atoms with Gasteiger partial charge in [-0.25, -0.2) is 8.42 Å². The molecule has 0 aliphatic carbocycles. The number of carbonyl (C=O) groups excluding carboxylic acids is 1. The normalized spacial score (nSPS) is 10.9. The van der Waals surface area contributed by atoms with Crippen LogP contribution in [-0.2, 0) is 14.8 Å². The maximum absolute atomic E-state index is 12.4. The van der Waals surface area contributed by atoms with Gasteiger partial charge in [-0.1, -0.05) is 12.1 Å². The van der Waals surface area contributed by atoms with Gasteiger partial charge in [-0.2, -0.15) is 0 Å². The van der Waals surface area contributed by atoms with E-state index >= 15 is 0 Å². The van der Waals surface area contributed by atoms with Gasteiger partial charge in [0.15, 0.2) is 0 Å². The van der Waals surface area contributed by atoms with E-state index in [1.165, 1.54) is 14.2 Å². The second kappa shape index (κ2) is 8.09. The number of rotatable bonds is 7. The van der Waals surface area contributed by atoms with E-state index in [0.29, 0.717) is 11.4 Å². The van der Waals surface area contributed by atoms with Crippen molar-refractivity contribution in [3.8, 4) is 11.5 Å². The van der Waals surface area contributed by atoms with Crippen molar-refractivity contribution in [2.24, 2.45) is 0 Å². The van der Waals surface area contributed by atoms with Crippen molar-refractivity contribution in [2.45, 2.75) is 6.92 Å². The number of sulfonamides is 1. The van der Waals surface area contributed by atoms with Gasteiger partial charge in [0.25, 0.3) is 0 Å². The average Bonchev–Trinajstić information content (AvgIpc) is 2.58. The molecule has 0 fully saturated rings. The zero-order valence-electron chi connectivity index (χ0n) is 15.1. The molecule has 0 spiro atoms. The number of nitrogens with zero attached hydrogens (tertiary/aromatic N) is 1. The molecule has 1 amide bonds. The molecule has 2 rings (SSSR count). The van der Waals surface area contributed by atoms with Crippen molar-refractivity contribution in [3.63, 3.8) is 0 Å². The fraction of sp³-hybridized carbons (Fsp3) is 0.278. The molecule has 0 unspecified atom stereocenters. The Morgan fingerprint density at radius 2 is 1.85 bits per heavy atom. The molecular formula is C18H22N2O5S. The first-order valence-corrected chi connectivity index (χ1v) is 9.65. The number of benzene rings is 2. The summed E-state index contributed by atoms with van der Waals surface area (Å²) in [7, 11) is -0.794. The van der Waals surface area contributed by atoms with Gasteiger partial charge in [0.1, 0.15) is 18.0 Å². The van der Waals surface area contributed by atoms with Crippen molar-refractivity contribution in [1.29, 1.82) is 0 Å². The highest BCUT2D eigenvalue weighted by molar-refractivity contribution is 7.92. The van der Waals surface area contributed by atoms with Crippen LogP contribution in [0.25, 0.3) is 0 Å². The number of ether oxygens (including phenoxy) is 2. The van der Waals surface area contributed by atoms with Crippen molar-refractivity contribution < 1.29 is 22.7 Å². The van der Waals surface area contributed by atoms with Crippen LogP contribution in [0.1, 0.15) is 5.56 Å². The number of aryl methyl sites for hydroxylation is 1. The Kier molecular flexibility index (Phi) is 6.10. The van der Waals surface area contributed by atoms with E-state index in [1.807, 2.05) is 19.1 Å². The summed E-state index contributed by atoms with van der Waals surface area (Å²) in [6.45, 7) is 1.52. The van der Waals surface area contributed by atoms with Crippen LogP contribution in [-0.4, -0.2) is 41.3 Å². The van der Waals surface area contributed by atoms with Crippen molar-refractivity contribution in [2.75, 3.05) is 36.6 Å². The highest BCUT2D eigenvalue weighted by Gasteiger charge is 2.24. The summed E-state index contributed by atoms with van der Waals surface area (Å²) in [5.74, 6) is 0.347. The highest BCUT2D eigenvalue weighted by atomic mass is 32.2. The first-order valence-electron chi connectivity index (χ1n) is 7.81. The predicted octanol–water partition coefficient (Wildman–Crippen LogP) is 2.42. The Balaban J connectivity index is 2.30. The van der Waals surface area contributed by atoms with E-state index < -0.39 is 15.9 Å². The monoisotopic (exact) mass is 378 g/mol. The van der Waals surface area contributed by atoms with E-state index in [-0.39, 0.29) is 18.0 Å². The highest BCUT2D eigenvalue weighted by Crippen LogP contribution is 2.33. The number of hydrogen-bond donors (Lipinski definition) is 1. The standard InChI is InChI=1S/C18H22N2O5S/c1-13-6-5-7-14(10-13)19-18(21)12-20(26(4,22)23)16-9-8-15(24-2)11-17(16)25-3/h5-11H,12H2,1-4H3,(H,19,21). The molecule has 0 radical (unpaired) electrons. The van der Waals surface area contributed by atoms with Crippen molar-refractivity contribution >= 4 is 27.3 Å². The van der Waals surface area contributed by atoms with E-state index in [4.69, 9.17) is 9.47 Å². The SMILES string of the molecule is COc1ccc(N(CC(=O)Nc2cccc(C)c2)S(C)(=O)=O)c(OC)c1. The molecule has 140 valence electrons. The summed E-state index contributed by atoms with van der Waals surface area (Å²) in [5, 5.41) is 2.70. The van der Waals surface area contributed by atoms with E-state index in [0.717, 1.165) is 16.1 Å². The van der Waals surface area contributed by atoms with E-state index in [2.05, 4.69) is 5.32 Å². The van der Waals surface area contributed by atoms with Crippen LogP contribution in [0.3, 0.4) is 0 Å². The molecular weight excluding hydrogens is 356 g/mol. The maximum atomic E-state index is 12.4. The summed E-state index contributed by atoms with van der Waals surface area (Å²) in [6.07, 6.45) is 1.04. The number of carbonyl (C=O) groups is 1. The fourth-order valence-corrected chi connectivity index (χ4v) is 3.29. The second-order valence-electron chi connectivity index (χ2n) is 5.73.